The first-order valence-electron chi connectivity index (χ1n) is 6.05. The molecule has 1 saturated carbocycles. The summed E-state index contributed by atoms with van der Waals surface area (Å²) in [4.78, 5) is 2.52. The van der Waals surface area contributed by atoms with E-state index >= 15 is 0 Å². The van der Waals surface area contributed by atoms with Crippen LogP contribution in [0, 0.1) is 11.8 Å². The van der Waals surface area contributed by atoms with E-state index in [0.29, 0.717) is 0 Å². The molecule has 0 radical (unpaired) electrons. The van der Waals surface area contributed by atoms with Gasteiger partial charge in [-0.1, -0.05) is 32.1 Å². The SMILES string of the molecule is CN1CCC2CCCCCC2CC1. The predicted molar refractivity (Wildman–Crippen MR) is 56.8 cm³/mol. The summed E-state index contributed by atoms with van der Waals surface area (Å²) in [5.41, 5.74) is 0. The van der Waals surface area contributed by atoms with Crippen LogP contribution in [0.5, 0.6) is 0 Å². The van der Waals surface area contributed by atoms with Crippen molar-refractivity contribution in [1.29, 1.82) is 0 Å². The average molecular weight is 181 g/mol. The Balaban J connectivity index is 1.95. The molecule has 0 aromatic carbocycles. The van der Waals surface area contributed by atoms with Gasteiger partial charge in [-0.3, -0.25) is 0 Å². The van der Waals surface area contributed by atoms with Crippen LogP contribution >= 0.6 is 0 Å². The third-order valence-corrected chi connectivity index (χ3v) is 4.08. The molecule has 76 valence electrons. The van der Waals surface area contributed by atoms with E-state index in [-0.39, 0.29) is 0 Å². The second-order valence-electron chi connectivity index (χ2n) is 5.04. The highest BCUT2D eigenvalue weighted by Crippen LogP contribution is 2.35. The van der Waals surface area contributed by atoms with Crippen molar-refractivity contribution in [2.24, 2.45) is 11.8 Å². The fraction of sp³-hybridized carbons (Fsp3) is 1.00. The molecular weight excluding hydrogens is 158 g/mol. The van der Waals surface area contributed by atoms with Crippen LogP contribution in [-0.2, 0) is 0 Å². The summed E-state index contributed by atoms with van der Waals surface area (Å²) >= 11 is 0. The maximum atomic E-state index is 2.52. The van der Waals surface area contributed by atoms with Crippen LogP contribution in [-0.4, -0.2) is 25.0 Å². The summed E-state index contributed by atoms with van der Waals surface area (Å²) in [6.45, 7) is 2.70. The first-order valence-corrected chi connectivity index (χ1v) is 6.05. The zero-order chi connectivity index (χ0) is 9.10. The zero-order valence-corrected chi connectivity index (χ0v) is 8.97. The van der Waals surface area contributed by atoms with Gasteiger partial charge in [0.25, 0.3) is 0 Å². The lowest BCUT2D eigenvalue weighted by Crippen LogP contribution is -2.18. The molecule has 1 heterocycles. The van der Waals surface area contributed by atoms with E-state index in [9.17, 15) is 0 Å². The summed E-state index contributed by atoms with van der Waals surface area (Å²) in [5, 5.41) is 0. The molecule has 0 aromatic heterocycles. The van der Waals surface area contributed by atoms with Gasteiger partial charge in [0.2, 0.25) is 0 Å². The average Bonchev–Trinajstić information content (AvgIpc) is 2.43. The number of likely N-dealkylation sites (tertiary alicyclic amines) is 1. The van der Waals surface area contributed by atoms with Crippen molar-refractivity contribution in [2.75, 3.05) is 20.1 Å². The van der Waals surface area contributed by atoms with Crippen molar-refractivity contribution in [1.82, 2.24) is 4.90 Å². The number of hydrogen-bond donors (Lipinski definition) is 0. The number of nitrogens with zero attached hydrogens (tertiary/aromatic N) is 1. The topological polar surface area (TPSA) is 3.24 Å². The first-order chi connectivity index (χ1) is 6.36. The molecule has 1 aliphatic carbocycles. The van der Waals surface area contributed by atoms with Crippen LogP contribution in [0.4, 0.5) is 0 Å². The van der Waals surface area contributed by atoms with Crippen molar-refractivity contribution >= 4 is 0 Å². The van der Waals surface area contributed by atoms with Gasteiger partial charge in [-0.15, -0.1) is 0 Å². The van der Waals surface area contributed by atoms with Crippen LogP contribution in [0.25, 0.3) is 0 Å². The maximum Gasteiger partial charge on any atom is -0.00190 e. The fourth-order valence-electron chi connectivity index (χ4n) is 3.11. The summed E-state index contributed by atoms with van der Waals surface area (Å²) < 4.78 is 0. The Hall–Kier alpha value is -0.0400. The Morgan fingerprint density at radius 2 is 1.31 bits per heavy atom. The number of hydrogen-bond acceptors (Lipinski definition) is 1. The molecule has 2 aliphatic rings. The van der Waals surface area contributed by atoms with E-state index in [0.717, 1.165) is 11.8 Å². The largest absolute Gasteiger partial charge is 0.306 e. The molecule has 2 unspecified atom stereocenters. The molecule has 0 aromatic rings. The second-order valence-corrected chi connectivity index (χ2v) is 5.04. The van der Waals surface area contributed by atoms with Crippen LogP contribution in [0.2, 0.25) is 0 Å². The van der Waals surface area contributed by atoms with Crippen LogP contribution in [0.1, 0.15) is 44.9 Å². The molecule has 1 nitrogen and oxygen atoms in total. The molecule has 0 amide bonds. The lowest BCUT2D eigenvalue weighted by atomic mass is 9.84. The Morgan fingerprint density at radius 1 is 0.769 bits per heavy atom. The van der Waals surface area contributed by atoms with Gasteiger partial charge in [0.1, 0.15) is 0 Å². The molecule has 13 heavy (non-hydrogen) atoms. The maximum absolute atomic E-state index is 2.52. The van der Waals surface area contributed by atoms with E-state index in [4.69, 9.17) is 0 Å². The highest BCUT2D eigenvalue weighted by atomic mass is 15.1. The Kier molecular flexibility index (Phi) is 3.26. The molecule has 0 bridgehead atoms. The lowest BCUT2D eigenvalue weighted by Gasteiger charge is -2.21. The summed E-state index contributed by atoms with van der Waals surface area (Å²) in [6.07, 6.45) is 10.5. The molecular formula is C12H23N. The predicted octanol–water partition coefficient (Wildman–Crippen LogP) is 2.91. The van der Waals surface area contributed by atoms with Crippen LogP contribution in [0.15, 0.2) is 0 Å². The Morgan fingerprint density at radius 3 is 1.85 bits per heavy atom. The van der Waals surface area contributed by atoms with Gasteiger partial charge >= 0.3 is 0 Å². The third-order valence-electron chi connectivity index (χ3n) is 4.08. The van der Waals surface area contributed by atoms with Gasteiger partial charge in [-0.05, 0) is 44.8 Å². The molecule has 0 N–H and O–H groups in total. The van der Waals surface area contributed by atoms with E-state index in [1.54, 1.807) is 0 Å². The summed E-state index contributed by atoms with van der Waals surface area (Å²) in [6, 6.07) is 0. The number of rotatable bonds is 0. The quantitative estimate of drug-likeness (QED) is 0.555. The molecule has 1 aliphatic heterocycles. The Labute approximate surface area is 82.5 Å². The molecule has 1 heteroatoms. The van der Waals surface area contributed by atoms with Gasteiger partial charge in [0.05, 0.1) is 0 Å². The molecule has 2 rings (SSSR count). The van der Waals surface area contributed by atoms with Gasteiger partial charge < -0.3 is 4.90 Å². The highest BCUT2D eigenvalue weighted by Gasteiger charge is 2.26. The summed E-state index contributed by atoms with van der Waals surface area (Å²) in [7, 11) is 2.28. The van der Waals surface area contributed by atoms with Gasteiger partial charge in [-0.2, -0.15) is 0 Å². The minimum Gasteiger partial charge on any atom is -0.306 e. The van der Waals surface area contributed by atoms with Crippen molar-refractivity contribution in [3.63, 3.8) is 0 Å². The van der Waals surface area contributed by atoms with E-state index in [2.05, 4.69) is 11.9 Å². The van der Waals surface area contributed by atoms with Crippen molar-refractivity contribution in [2.45, 2.75) is 44.9 Å². The van der Waals surface area contributed by atoms with E-state index in [1.165, 1.54) is 58.0 Å². The number of fused-ring (bicyclic) bond motifs is 1. The zero-order valence-electron chi connectivity index (χ0n) is 8.97. The third kappa shape index (κ3) is 2.46. The minimum atomic E-state index is 1.08. The highest BCUT2D eigenvalue weighted by molar-refractivity contribution is 4.78. The van der Waals surface area contributed by atoms with Crippen molar-refractivity contribution in [3.8, 4) is 0 Å². The Bertz CT molecular complexity index is 139. The van der Waals surface area contributed by atoms with Gasteiger partial charge in [-0.25, -0.2) is 0 Å². The lowest BCUT2D eigenvalue weighted by molar-refractivity contribution is 0.304. The molecule has 1 saturated heterocycles. The summed E-state index contributed by atoms with van der Waals surface area (Å²) in [5.74, 6) is 2.15. The smallest absolute Gasteiger partial charge is 0.00190 e. The second kappa shape index (κ2) is 4.45. The van der Waals surface area contributed by atoms with Gasteiger partial charge in [0.15, 0.2) is 0 Å². The van der Waals surface area contributed by atoms with E-state index in [1.807, 2.05) is 0 Å². The molecule has 2 fully saturated rings. The molecule has 0 spiro atoms. The van der Waals surface area contributed by atoms with Crippen molar-refractivity contribution < 1.29 is 0 Å². The van der Waals surface area contributed by atoms with Crippen LogP contribution in [0.3, 0.4) is 0 Å². The van der Waals surface area contributed by atoms with Crippen molar-refractivity contribution in [3.05, 3.63) is 0 Å². The monoisotopic (exact) mass is 181 g/mol. The van der Waals surface area contributed by atoms with Gasteiger partial charge in [0, 0.05) is 0 Å². The minimum absolute atomic E-state index is 1.08. The normalized spacial score (nSPS) is 37.6. The van der Waals surface area contributed by atoms with E-state index < -0.39 is 0 Å². The standard InChI is InChI=1S/C12H23N/c1-13-9-7-11-5-3-2-4-6-12(11)8-10-13/h11-12H,2-10H2,1H3. The molecule has 2 atom stereocenters. The van der Waals surface area contributed by atoms with Crippen LogP contribution < -0.4 is 0 Å². The first kappa shape index (κ1) is 9.51. The fourth-order valence-corrected chi connectivity index (χ4v) is 3.11.